The number of aliphatic hydroxyl groups is 1. The molecule has 0 spiro atoms. The maximum absolute atomic E-state index is 12.1. The molecule has 0 radical (unpaired) electrons. The lowest BCUT2D eigenvalue weighted by Crippen LogP contribution is -2.19. The van der Waals surface area contributed by atoms with Gasteiger partial charge in [-0.15, -0.1) is 0 Å². The minimum Gasteiger partial charge on any atom is -0.395 e. The Bertz CT molecular complexity index is 555. The zero-order chi connectivity index (χ0) is 11.2. The Kier molecular flexibility index (Phi) is 1.88. The van der Waals surface area contributed by atoms with Crippen molar-refractivity contribution in [2.24, 2.45) is 5.41 Å². The Morgan fingerprint density at radius 2 is 2.31 bits per heavy atom. The van der Waals surface area contributed by atoms with E-state index in [1.54, 1.807) is 18.5 Å². The predicted octanol–water partition coefficient (Wildman–Crippen LogP) is 1.52. The van der Waals surface area contributed by atoms with Crippen LogP contribution >= 0.6 is 0 Å². The fourth-order valence-corrected chi connectivity index (χ4v) is 1.99. The molecule has 2 aromatic rings. The Balaban J connectivity index is 2.02. The zero-order valence-electron chi connectivity index (χ0n) is 8.73. The van der Waals surface area contributed by atoms with Crippen LogP contribution in [0.4, 0.5) is 0 Å². The van der Waals surface area contributed by atoms with Crippen LogP contribution in [0, 0.1) is 5.41 Å². The van der Waals surface area contributed by atoms with Gasteiger partial charge in [0.15, 0.2) is 5.78 Å². The van der Waals surface area contributed by atoms with Crippen molar-refractivity contribution in [3.63, 3.8) is 0 Å². The van der Waals surface area contributed by atoms with Gasteiger partial charge in [-0.1, -0.05) is 0 Å². The summed E-state index contributed by atoms with van der Waals surface area (Å²) in [6, 6.07) is 5.41. The van der Waals surface area contributed by atoms with Crippen molar-refractivity contribution in [3.05, 3.63) is 30.1 Å². The summed E-state index contributed by atoms with van der Waals surface area (Å²) in [7, 11) is 0. The molecular weight excluding hydrogens is 204 g/mol. The van der Waals surface area contributed by atoms with Crippen LogP contribution < -0.4 is 0 Å². The van der Waals surface area contributed by atoms with Crippen LogP contribution in [0.5, 0.6) is 0 Å². The van der Waals surface area contributed by atoms with Crippen LogP contribution in [0.2, 0.25) is 0 Å². The van der Waals surface area contributed by atoms with E-state index in [0.717, 1.165) is 23.9 Å². The molecule has 82 valence electrons. The maximum atomic E-state index is 12.1. The van der Waals surface area contributed by atoms with Gasteiger partial charge in [-0.2, -0.15) is 0 Å². The summed E-state index contributed by atoms with van der Waals surface area (Å²) in [5.41, 5.74) is 1.88. The molecule has 4 nitrogen and oxygen atoms in total. The van der Waals surface area contributed by atoms with Gasteiger partial charge < -0.3 is 10.1 Å². The highest BCUT2D eigenvalue weighted by Crippen LogP contribution is 2.47. The standard InChI is InChI=1S/C12H12N2O2/c15-6-12(3-4-12)11(16)8-1-2-9-10(5-8)14-7-13-9/h1-2,5,7,15H,3-4,6H2,(H,13,14). The van der Waals surface area contributed by atoms with Gasteiger partial charge in [-0.05, 0) is 31.0 Å². The number of benzene rings is 1. The molecule has 0 aliphatic heterocycles. The van der Waals surface area contributed by atoms with Gasteiger partial charge in [0.05, 0.1) is 29.4 Å². The summed E-state index contributed by atoms with van der Waals surface area (Å²) < 4.78 is 0. The molecule has 2 N–H and O–H groups in total. The van der Waals surface area contributed by atoms with Crippen molar-refractivity contribution in [3.8, 4) is 0 Å². The average molecular weight is 216 g/mol. The fourth-order valence-electron chi connectivity index (χ4n) is 1.99. The number of carbonyl (C=O) groups is 1. The lowest BCUT2D eigenvalue weighted by Gasteiger charge is -2.09. The lowest BCUT2D eigenvalue weighted by atomic mass is 9.95. The highest BCUT2D eigenvalue weighted by atomic mass is 16.3. The van der Waals surface area contributed by atoms with Gasteiger partial charge in [0.2, 0.25) is 0 Å². The first-order valence-corrected chi connectivity index (χ1v) is 5.34. The number of aliphatic hydroxyl groups excluding tert-OH is 1. The highest BCUT2D eigenvalue weighted by molar-refractivity contribution is 6.04. The normalized spacial score (nSPS) is 17.6. The van der Waals surface area contributed by atoms with Crippen LogP contribution in [0.1, 0.15) is 23.2 Å². The van der Waals surface area contributed by atoms with Crippen molar-refractivity contribution >= 4 is 16.8 Å². The van der Waals surface area contributed by atoms with Gasteiger partial charge in [0.25, 0.3) is 0 Å². The average Bonchev–Trinajstić information content (AvgIpc) is 2.98. The number of aromatic amines is 1. The number of Topliss-reactive ketones (excluding diaryl/α,β-unsaturated/α-hetero) is 1. The molecule has 4 heteroatoms. The summed E-state index contributed by atoms with van der Waals surface area (Å²) in [6.45, 7) is -0.0488. The number of fused-ring (bicyclic) bond motifs is 1. The van der Waals surface area contributed by atoms with Crippen LogP contribution in [0.25, 0.3) is 11.0 Å². The van der Waals surface area contributed by atoms with Crippen LogP contribution in [0.3, 0.4) is 0 Å². The van der Waals surface area contributed by atoms with E-state index in [1.165, 1.54) is 0 Å². The van der Waals surface area contributed by atoms with Crippen molar-refractivity contribution < 1.29 is 9.90 Å². The Labute approximate surface area is 92.3 Å². The summed E-state index contributed by atoms with van der Waals surface area (Å²) in [6.07, 6.45) is 3.20. The van der Waals surface area contributed by atoms with Crippen LogP contribution in [0.15, 0.2) is 24.5 Å². The van der Waals surface area contributed by atoms with E-state index in [-0.39, 0.29) is 12.4 Å². The molecule has 0 amide bonds. The van der Waals surface area contributed by atoms with E-state index in [2.05, 4.69) is 9.97 Å². The van der Waals surface area contributed by atoms with E-state index in [1.807, 2.05) is 6.07 Å². The minimum atomic E-state index is -0.492. The molecule has 0 atom stereocenters. The quantitative estimate of drug-likeness (QED) is 0.764. The first kappa shape index (κ1) is 9.54. The summed E-state index contributed by atoms with van der Waals surface area (Å²) in [5.74, 6) is 0.0477. The highest BCUT2D eigenvalue weighted by Gasteiger charge is 2.49. The first-order chi connectivity index (χ1) is 7.75. The monoisotopic (exact) mass is 216 g/mol. The zero-order valence-corrected chi connectivity index (χ0v) is 8.73. The first-order valence-electron chi connectivity index (χ1n) is 5.34. The summed E-state index contributed by atoms with van der Waals surface area (Å²) in [5, 5.41) is 9.22. The Hall–Kier alpha value is -1.68. The molecule has 1 heterocycles. The molecule has 1 aliphatic carbocycles. The number of ketones is 1. The number of hydrogen-bond donors (Lipinski definition) is 2. The lowest BCUT2D eigenvalue weighted by molar-refractivity contribution is 0.0830. The van der Waals surface area contributed by atoms with E-state index >= 15 is 0 Å². The largest absolute Gasteiger partial charge is 0.395 e. The predicted molar refractivity (Wildman–Crippen MR) is 59.2 cm³/mol. The Morgan fingerprint density at radius 3 is 3.00 bits per heavy atom. The number of hydrogen-bond acceptors (Lipinski definition) is 3. The van der Waals surface area contributed by atoms with Crippen LogP contribution in [-0.4, -0.2) is 27.5 Å². The molecule has 0 unspecified atom stereocenters. The number of rotatable bonds is 3. The molecule has 1 aromatic heterocycles. The molecule has 3 rings (SSSR count). The molecule has 1 saturated carbocycles. The number of imidazole rings is 1. The van der Waals surface area contributed by atoms with E-state index in [9.17, 15) is 9.90 Å². The number of H-pyrrole nitrogens is 1. The topological polar surface area (TPSA) is 66.0 Å². The third-order valence-corrected chi connectivity index (χ3v) is 3.32. The minimum absolute atomic E-state index is 0.0477. The van der Waals surface area contributed by atoms with Crippen molar-refractivity contribution in [1.82, 2.24) is 9.97 Å². The molecule has 0 saturated heterocycles. The van der Waals surface area contributed by atoms with Gasteiger partial charge in [-0.25, -0.2) is 4.98 Å². The van der Waals surface area contributed by atoms with Gasteiger partial charge in [-0.3, -0.25) is 4.79 Å². The third kappa shape index (κ3) is 1.27. The molecule has 0 bridgehead atoms. The van der Waals surface area contributed by atoms with Crippen molar-refractivity contribution in [1.29, 1.82) is 0 Å². The molecule has 16 heavy (non-hydrogen) atoms. The van der Waals surface area contributed by atoms with Gasteiger partial charge in [0, 0.05) is 5.56 Å². The van der Waals surface area contributed by atoms with Crippen LogP contribution in [-0.2, 0) is 0 Å². The SMILES string of the molecule is O=C(c1ccc2nc[nH]c2c1)C1(CO)CC1. The van der Waals surface area contributed by atoms with Crippen molar-refractivity contribution in [2.75, 3.05) is 6.61 Å². The molecular formula is C12H12N2O2. The second-order valence-corrected chi connectivity index (χ2v) is 4.40. The van der Waals surface area contributed by atoms with E-state index < -0.39 is 5.41 Å². The summed E-state index contributed by atoms with van der Waals surface area (Å²) >= 11 is 0. The third-order valence-electron chi connectivity index (χ3n) is 3.32. The second kappa shape index (κ2) is 3.15. The number of nitrogens with one attached hydrogen (secondary N) is 1. The maximum Gasteiger partial charge on any atom is 0.171 e. The van der Waals surface area contributed by atoms with E-state index in [0.29, 0.717) is 5.56 Å². The van der Waals surface area contributed by atoms with Crippen molar-refractivity contribution in [2.45, 2.75) is 12.8 Å². The molecule has 1 fully saturated rings. The smallest absolute Gasteiger partial charge is 0.171 e. The van der Waals surface area contributed by atoms with E-state index in [4.69, 9.17) is 0 Å². The number of carbonyl (C=O) groups excluding carboxylic acids is 1. The fraction of sp³-hybridized carbons (Fsp3) is 0.333. The number of nitrogens with zero attached hydrogens (tertiary/aromatic N) is 1. The van der Waals surface area contributed by atoms with Gasteiger partial charge >= 0.3 is 0 Å². The second-order valence-electron chi connectivity index (χ2n) is 4.40. The summed E-state index contributed by atoms with van der Waals surface area (Å²) in [4.78, 5) is 19.2. The molecule has 1 aromatic carbocycles. The Morgan fingerprint density at radius 1 is 1.50 bits per heavy atom. The number of aromatic nitrogens is 2. The van der Waals surface area contributed by atoms with Gasteiger partial charge in [0.1, 0.15) is 0 Å². The molecule has 1 aliphatic rings.